The summed E-state index contributed by atoms with van der Waals surface area (Å²) in [5.74, 6) is -1.16. The molecule has 0 saturated carbocycles. The maximum atomic E-state index is 12.5. The van der Waals surface area contributed by atoms with Crippen LogP contribution in [0.3, 0.4) is 0 Å². The molecule has 4 heterocycles. The van der Waals surface area contributed by atoms with Crippen LogP contribution in [0.25, 0.3) is 10.9 Å². The van der Waals surface area contributed by atoms with Crippen molar-refractivity contribution < 1.29 is 9.90 Å². The van der Waals surface area contributed by atoms with Crippen molar-refractivity contribution in [2.24, 2.45) is 0 Å². The van der Waals surface area contributed by atoms with E-state index in [-0.39, 0.29) is 5.56 Å². The van der Waals surface area contributed by atoms with Crippen LogP contribution in [0.5, 0.6) is 0 Å². The molecule has 0 spiro atoms. The van der Waals surface area contributed by atoms with Crippen LogP contribution < -0.4 is 5.43 Å². The van der Waals surface area contributed by atoms with Crippen molar-refractivity contribution in [2.45, 2.75) is 19.5 Å². The molecule has 3 aliphatic heterocycles. The molecule has 6 nitrogen and oxygen atoms in total. The van der Waals surface area contributed by atoms with Gasteiger partial charge in [0.25, 0.3) is 0 Å². The third-order valence-electron chi connectivity index (χ3n) is 5.27. The molecule has 1 aromatic carbocycles. The van der Waals surface area contributed by atoms with Gasteiger partial charge >= 0.3 is 5.97 Å². The topological polar surface area (TPSA) is 65.8 Å². The normalized spacial score (nSPS) is 26.0. The summed E-state index contributed by atoms with van der Waals surface area (Å²) in [4.78, 5) is 28.9. The van der Waals surface area contributed by atoms with Gasteiger partial charge in [-0.25, -0.2) is 4.79 Å². The molecule has 3 fully saturated rings. The third kappa shape index (κ3) is 2.52. The van der Waals surface area contributed by atoms with Gasteiger partial charge in [0, 0.05) is 56.9 Å². The Morgan fingerprint density at radius 2 is 2.00 bits per heavy atom. The van der Waals surface area contributed by atoms with E-state index in [4.69, 9.17) is 0 Å². The Labute approximate surface area is 139 Å². The zero-order chi connectivity index (χ0) is 16.8. The monoisotopic (exact) mass is 327 g/mol. The quantitative estimate of drug-likeness (QED) is 0.911. The van der Waals surface area contributed by atoms with Gasteiger partial charge in [-0.2, -0.15) is 0 Å². The fraction of sp³-hybridized carbons (Fsp3) is 0.444. The molecule has 1 N–H and O–H groups in total. The number of carbonyl (C=O) groups is 1. The van der Waals surface area contributed by atoms with Crippen molar-refractivity contribution in [1.82, 2.24) is 14.4 Å². The lowest BCUT2D eigenvalue weighted by molar-refractivity contribution is 0.00665. The Kier molecular flexibility index (Phi) is 3.66. The van der Waals surface area contributed by atoms with Crippen LogP contribution in [0.4, 0.5) is 0 Å². The van der Waals surface area contributed by atoms with Crippen LogP contribution in [0, 0.1) is 6.92 Å². The maximum Gasteiger partial charge on any atom is 0.341 e. The number of aromatic nitrogens is 1. The SMILES string of the molecule is Cc1ccc2c(c1)c(=O)c(C(=O)O)cn2CC1CN2CCN1CC2. The summed E-state index contributed by atoms with van der Waals surface area (Å²) in [7, 11) is 0. The summed E-state index contributed by atoms with van der Waals surface area (Å²) in [5.41, 5.74) is 1.23. The Morgan fingerprint density at radius 1 is 1.25 bits per heavy atom. The minimum atomic E-state index is -1.16. The standard InChI is InChI=1S/C18H21N3O3/c1-12-2-3-16-14(8-12)17(22)15(18(23)24)11-21(16)10-13-9-19-4-6-20(13)7-5-19/h2-3,8,11,13H,4-7,9-10H2,1H3,(H,23,24). The molecule has 24 heavy (non-hydrogen) atoms. The number of aryl methyl sites for hydroxylation is 1. The summed E-state index contributed by atoms with van der Waals surface area (Å²) in [6.45, 7) is 7.97. The Bertz CT molecular complexity index is 866. The Morgan fingerprint density at radius 3 is 2.62 bits per heavy atom. The van der Waals surface area contributed by atoms with Gasteiger partial charge < -0.3 is 9.67 Å². The van der Waals surface area contributed by atoms with Crippen LogP contribution in [0.1, 0.15) is 15.9 Å². The summed E-state index contributed by atoms with van der Waals surface area (Å²) < 4.78 is 1.95. The maximum absolute atomic E-state index is 12.5. The number of nitrogens with zero attached hydrogens (tertiary/aromatic N) is 3. The summed E-state index contributed by atoms with van der Waals surface area (Å²) >= 11 is 0. The minimum Gasteiger partial charge on any atom is -0.477 e. The highest BCUT2D eigenvalue weighted by atomic mass is 16.4. The van der Waals surface area contributed by atoms with E-state index >= 15 is 0 Å². The molecule has 3 saturated heterocycles. The molecule has 0 radical (unpaired) electrons. The summed E-state index contributed by atoms with van der Waals surface area (Å²) in [5, 5.41) is 9.89. The van der Waals surface area contributed by atoms with E-state index in [1.165, 1.54) is 6.20 Å². The predicted molar refractivity (Wildman–Crippen MR) is 91.7 cm³/mol. The zero-order valence-corrected chi connectivity index (χ0v) is 13.7. The first-order chi connectivity index (χ1) is 11.5. The molecule has 1 unspecified atom stereocenters. The highest BCUT2D eigenvalue weighted by Crippen LogP contribution is 2.20. The minimum absolute atomic E-state index is 0.149. The van der Waals surface area contributed by atoms with Crippen LogP contribution in [-0.2, 0) is 6.54 Å². The number of aromatic carboxylic acids is 1. The van der Waals surface area contributed by atoms with Crippen molar-refractivity contribution in [3.63, 3.8) is 0 Å². The number of benzene rings is 1. The summed E-state index contributed by atoms with van der Waals surface area (Å²) in [6.07, 6.45) is 1.51. The number of carboxylic acid groups (broad SMARTS) is 1. The molecule has 6 heteroatoms. The molecule has 126 valence electrons. The van der Waals surface area contributed by atoms with E-state index in [0.29, 0.717) is 18.0 Å². The zero-order valence-electron chi connectivity index (χ0n) is 13.7. The van der Waals surface area contributed by atoms with Crippen LogP contribution in [-0.4, -0.2) is 64.2 Å². The molecule has 2 bridgehead atoms. The van der Waals surface area contributed by atoms with Crippen LogP contribution in [0.15, 0.2) is 29.2 Å². The van der Waals surface area contributed by atoms with Gasteiger partial charge in [-0.15, -0.1) is 0 Å². The average Bonchev–Trinajstić information content (AvgIpc) is 2.58. The second-order valence-corrected chi connectivity index (χ2v) is 6.84. The fourth-order valence-corrected chi connectivity index (χ4v) is 3.94. The van der Waals surface area contributed by atoms with Gasteiger partial charge in [-0.3, -0.25) is 14.6 Å². The number of rotatable bonds is 3. The smallest absolute Gasteiger partial charge is 0.341 e. The molecule has 0 aliphatic carbocycles. The molecule has 5 rings (SSSR count). The van der Waals surface area contributed by atoms with E-state index in [2.05, 4.69) is 9.80 Å². The largest absolute Gasteiger partial charge is 0.477 e. The van der Waals surface area contributed by atoms with E-state index in [1.54, 1.807) is 6.07 Å². The van der Waals surface area contributed by atoms with Crippen molar-refractivity contribution in [2.75, 3.05) is 32.7 Å². The number of carboxylic acids is 1. The van der Waals surface area contributed by atoms with Crippen molar-refractivity contribution in [3.05, 3.63) is 45.7 Å². The lowest BCUT2D eigenvalue weighted by Crippen LogP contribution is -2.61. The Hall–Kier alpha value is -2.18. The first-order valence-corrected chi connectivity index (χ1v) is 8.36. The molecule has 1 atom stereocenters. The number of pyridine rings is 1. The van der Waals surface area contributed by atoms with Gasteiger partial charge in [0.1, 0.15) is 5.56 Å². The van der Waals surface area contributed by atoms with Gasteiger partial charge in [-0.1, -0.05) is 11.6 Å². The van der Waals surface area contributed by atoms with Crippen molar-refractivity contribution in [3.8, 4) is 0 Å². The number of fused-ring (bicyclic) bond motifs is 4. The second-order valence-electron chi connectivity index (χ2n) is 6.84. The Balaban J connectivity index is 1.81. The van der Waals surface area contributed by atoms with Crippen LogP contribution >= 0.6 is 0 Å². The number of hydrogen-bond acceptors (Lipinski definition) is 4. The van der Waals surface area contributed by atoms with E-state index in [1.807, 2.05) is 23.6 Å². The molecule has 3 aliphatic rings. The van der Waals surface area contributed by atoms with Gasteiger partial charge in [0.15, 0.2) is 0 Å². The van der Waals surface area contributed by atoms with Crippen molar-refractivity contribution in [1.29, 1.82) is 0 Å². The third-order valence-corrected chi connectivity index (χ3v) is 5.27. The second kappa shape index (κ2) is 5.72. The van der Waals surface area contributed by atoms with E-state index in [9.17, 15) is 14.7 Å². The first-order valence-electron chi connectivity index (χ1n) is 8.36. The van der Waals surface area contributed by atoms with Crippen LogP contribution in [0.2, 0.25) is 0 Å². The molecule has 1 aromatic heterocycles. The lowest BCUT2D eigenvalue weighted by Gasteiger charge is -2.47. The van der Waals surface area contributed by atoms with Gasteiger partial charge in [0.2, 0.25) is 5.43 Å². The molecular weight excluding hydrogens is 306 g/mol. The lowest BCUT2D eigenvalue weighted by atomic mass is 10.1. The van der Waals surface area contributed by atoms with E-state index < -0.39 is 11.4 Å². The predicted octanol–water partition coefficient (Wildman–Crippen LogP) is 1.01. The first kappa shape index (κ1) is 15.4. The average molecular weight is 327 g/mol. The highest BCUT2D eigenvalue weighted by Gasteiger charge is 2.32. The highest BCUT2D eigenvalue weighted by molar-refractivity contribution is 5.92. The van der Waals surface area contributed by atoms with Gasteiger partial charge in [0.05, 0.1) is 5.52 Å². The van der Waals surface area contributed by atoms with Gasteiger partial charge in [-0.05, 0) is 19.1 Å². The molecule has 2 aromatic rings. The number of piperazine rings is 3. The summed E-state index contributed by atoms with van der Waals surface area (Å²) in [6, 6.07) is 6.04. The number of hydrogen-bond donors (Lipinski definition) is 1. The van der Waals surface area contributed by atoms with E-state index in [0.717, 1.165) is 43.8 Å². The fourth-order valence-electron chi connectivity index (χ4n) is 3.94. The van der Waals surface area contributed by atoms with Crippen molar-refractivity contribution >= 4 is 16.9 Å². The molecular formula is C18H21N3O3. The molecule has 0 amide bonds.